The van der Waals surface area contributed by atoms with Gasteiger partial charge in [-0.3, -0.25) is 4.68 Å². The highest BCUT2D eigenvalue weighted by molar-refractivity contribution is 9.10. The fraction of sp³-hybridized carbons (Fsp3) is 0.727. The Kier molecular flexibility index (Phi) is 3.93. The molecule has 0 aliphatic heterocycles. The zero-order chi connectivity index (χ0) is 11.7. The van der Waals surface area contributed by atoms with E-state index in [0.717, 1.165) is 36.0 Å². The lowest BCUT2D eigenvalue weighted by Crippen LogP contribution is -2.41. The molecule has 16 heavy (non-hydrogen) atoms. The van der Waals surface area contributed by atoms with Gasteiger partial charge in [0.15, 0.2) is 0 Å². The SMILES string of the molecule is CCc1nn(C)c(CNC2CC(Cl)C2)c1Br. The van der Waals surface area contributed by atoms with Crippen molar-refractivity contribution in [1.82, 2.24) is 15.1 Å². The van der Waals surface area contributed by atoms with E-state index >= 15 is 0 Å². The molecule has 0 saturated heterocycles. The van der Waals surface area contributed by atoms with Crippen molar-refractivity contribution in [3.05, 3.63) is 15.9 Å². The number of aryl methyl sites for hydroxylation is 2. The Hall–Kier alpha value is -0.0600. The van der Waals surface area contributed by atoms with Crippen molar-refractivity contribution in [2.24, 2.45) is 7.05 Å². The normalized spacial score (nSPS) is 24.5. The fourth-order valence-electron chi connectivity index (χ4n) is 1.97. The highest BCUT2D eigenvalue weighted by Crippen LogP contribution is 2.27. The number of hydrogen-bond acceptors (Lipinski definition) is 2. The summed E-state index contributed by atoms with van der Waals surface area (Å²) in [5.74, 6) is 0. The van der Waals surface area contributed by atoms with E-state index in [2.05, 4.69) is 33.3 Å². The summed E-state index contributed by atoms with van der Waals surface area (Å²) in [4.78, 5) is 0. The molecule has 1 aromatic rings. The van der Waals surface area contributed by atoms with Gasteiger partial charge in [-0.1, -0.05) is 6.92 Å². The molecule has 1 N–H and O–H groups in total. The third-order valence-corrected chi connectivity index (χ3v) is 4.41. The van der Waals surface area contributed by atoms with Crippen LogP contribution in [0.4, 0.5) is 0 Å². The minimum Gasteiger partial charge on any atom is -0.308 e. The van der Waals surface area contributed by atoms with Crippen LogP contribution in [-0.2, 0) is 20.0 Å². The van der Waals surface area contributed by atoms with Crippen LogP contribution in [0.25, 0.3) is 0 Å². The molecule has 2 rings (SSSR count). The largest absolute Gasteiger partial charge is 0.308 e. The average molecular weight is 307 g/mol. The van der Waals surface area contributed by atoms with Crippen LogP contribution in [0, 0.1) is 0 Å². The van der Waals surface area contributed by atoms with Crippen LogP contribution < -0.4 is 5.32 Å². The summed E-state index contributed by atoms with van der Waals surface area (Å²) in [6, 6.07) is 0.578. The molecule has 1 heterocycles. The molecule has 0 radical (unpaired) electrons. The summed E-state index contributed by atoms with van der Waals surface area (Å²) in [7, 11) is 1.99. The van der Waals surface area contributed by atoms with Crippen LogP contribution in [0.15, 0.2) is 4.47 Å². The van der Waals surface area contributed by atoms with Gasteiger partial charge in [-0.2, -0.15) is 5.10 Å². The third-order valence-electron chi connectivity index (χ3n) is 3.14. The number of alkyl halides is 1. The summed E-state index contributed by atoms with van der Waals surface area (Å²) in [6.45, 7) is 2.98. The van der Waals surface area contributed by atoms with Gasteiger partial charge in [0.1, 0.15) is 0 Å². The molecule has 0 aromatic carbocycles. The molecule has 90 valence electrons. The number of halogens is 2. The Balaban J connectivity index is 1.96. The number of nitrogens with one attached hydrogen (secondary N) is 1. The molecule has 0 atom stereocenters. The molecule has 0 unspecified atom stereocenters. The van der Waals surface area contributed by atoms with Gasteiger partial charge in [0.2, 0.25) is 0 Å². The lowest BCUT2D eigenvalue weighted by Gasteiger charge is -2.31. The number of nitrogens with zero attached hydrogens (tertiary/aromatic N) is 2. The second-order valence-corrected chi connectivity index (χ2v) is 5.74. The minimum atomic E-state index is 0.374. The van der Waals surface area contributed by atoms with Gasteiger partial charge < -0.3 is 5.32 Å². The van der Waals surface area contributed by atoms with E-state index in [1.54, 1.807) is 0 Å². The Labute approximate surface area is 110 Å². The average Bonchev–Trinajstić information content (AvgIpc) is 2.48. The molecule has 1 aliphatic carbocycles. The Morgan fingerprint density at radius 2 is 2.25 bits per heavy atom. The first kappa shape index (κ1) is 12.4. The molecular weight excluding hydrogens is 289 g/mol. The van der Waals surface area contributed by atoms with Crippen molar-refractivity contribution in [2.45, 2.75) is 44.1 Å². The van der Waals surface area contributed by atoms with Crippen molar-refractivity contribution < 1.29 is 0 Å². The first-order chi connectivity index (χ1) is 7.61. The molecule has 0 spiro atoms. The van der Waals surface area contributed by atoms with E-state index in [0.29, 0.717) is 11.4 Å². The van der Waals surface area contributed by atoms with Crippen molar-refractivity contribution in [1.29, 1.82) is 0 Å². The molecule has 0 amide bonds. The van der Waals surface area contributed by atoms with Gasteiger partial charge in [0.05, 0.1) is 15.9 Å². The summed E-state index contributed by atoms with van der Waals surface area (Å²) >= 11 is 9.56. The summed E-state index contributed by atoms with van der Waals surface area (Å²) in [6.07, 6.45) is 3.12. The first-order valence-corrected chi connectivity index (χ1v) is 6.92. The summed E-state index contributed by atoms with van der Waals surface area (Å²) in [5.41, 5.74) is 2.35. The highest BCUT2D eigenvalue weighted by Gasteiger charge is 2.27. The predicted octanol–water partition coefficient (Wildman–Crippen LogP) is 2.60. The van der Waals surface area contributed by atoms with Gasteiger partial charge in [-0.15, -0.1) is 11.6 Å². The van der Waals surface area contributed by atoms with Crippen LogP contribution in [0.1, 0.15) is 31.2 Å². The van der Waals surface area contributed by atoms with Crippen LogP contribution in [0.2, 0.25) is 0 Å². The maximum absolute atomic E-state index is 5.95. The molecule has 0 bridgehead atoms. The van der Waals surface area contributed by atoms with E-state index < -0.39 is 0 Å². The molecule has 5 heteroatoms. The molecule has 1 aliphatic rings. The molecule has 3 nitrogen and oxygen atoms in total. The Morgan fingerprint density at radius 3 is 2.75 bits per heavy atom. The zero-order valence-corrected chi connectivity index (χ0v) is 12.0. The lowest BCUT2D eigenvalue weighted by molar-refractivity contribution is 0.341. The van der Waals surface area contributed by atoms with E-state index in [1.807, 2.05) is 11.7 Å². The topological polar surface area (TPSA) is 29.9 Å². The number of rotatable bonds is 4. The standard InChI is InChI=1S/C11H17BrClN3/c1-3-9-11(12)10(16(2)15-9)6-14-8-4-7(13)5-8/h7-8,14H,3-6H2,1-2H3. The quantitative estimate of drug-likeness (QED) is 0.867. The van der Waals surface area contributed by atoms with Crippen molar-refractivity contribution in [2.75, 3.05) is 0 Å². The second-order valence-electron chi connectivity index (χ2n) is 4.33. The second kappa shape index (κ2) is 5.07. The van der Waals surface area contributed by atoms with Crippen LogP contribution in [0.3, 0.4) is 0 Å². The molecule has 1 saturated carbocycles. The van der Waals surface area contributed by atoms with Crippen molar-refractivity contribution >= 4 is 27.5 Å². The maximum atomic E-state index is 5.95. The van der Waals surface area contributed by atoms with Gasteiger partial charge in [-0.05, 0) is 35.2 Å². The molecular formula is C11H17BrClN3. The maximum Gasteiger partial charge on any atom is 0.0767 e. The van der Waals surface area contributed by atoms with E-state index in [1.165, 1.54) is 5.69 Å². The lowest BCUT2D eigenvalue weighted by atomic mass is 9.92. The summed E-state index contributed by atoms with van der Waals surface area (Å²) < 4.78 is 3.10. The monoisotopic (exact) mass is 305 g/mol. The van der Waals surface area contributed by atoms with Gasteiger partial charge in [-0.25, -0.2) is 0 Å². The van der Waals surface area contributed by atoms with Gasteiger partial charge >= 0.3 is 0 Å². The van der Waals surface area contributed by atoms with Crippen molar-refractivity contribution in [3.8, 4) is 0 Å². The number of hydrogen-bond donors (Lipinski definition) is 1. The van der Waals surface area contributed by atoms with E-state index in [-0.39, 0.29) is 0 Å². The predicted molar refractivity (Wildman–Crippen MR) is 69.8 cm³/mol. The third kappa shape index (κ3) is 2.44. The minimum absolute atomic E-state index is 0.374. The molecule has 1 aromatic heterocycles. The Bertz CT molecular complexity index is 372. The van der Waals surface area contributed by atoms with E-state index in [9.17, 15) is 0 Å². The smallest absolute Gasteiger partial charge is 0.0767 e. The summed E-state index contributed by atoms with van der Waals surface area (Å²) in [5, 5.41) is 8.35. The zero-order valence-electron chi connectivity index (χ0n) is 9.63. The fourth-order valence-corrected chi connectivity index (χ4v) is 3.15. The first-order valence-electron chi connectivity index (χ1n) is 5.69. The number of aromatic nitrogens is 2. The van der Waals surface area contributed by atoms with E-state index in [4.69, 9.17) is 11.6 Å². The van der Waals surface area contributed by atoms with Crippen molar-refractivity contribution in [3.63, 3.8) is 0 Å². The van der Waals surface area contributed by atoms with Crippen LogP contribution >= 0.6 is 27.5 Å². The highest BCUT2D eigenvalue weighted by atomic mass is 79.9. The Morgan fingerprint density at radius 1 is 1.56 bits per heavy atom. The van der Waals surface area contributed by atoms with Crippen LogP contribution in [-0.4, -0.2) is 21.2 Å². The van der Waals surface area contributed by atoms with Gasteiger partial charge in [0.25, 0.3) is 0 Å². The molecule has 1 fully saturated rings. The van der Waals surface area contributed by atoms with Crippen LogP contribution in [0.5, 0.6) is 0 Å². The van der Waals surface area contributed by atoms with Gasteiger partial charge in [0, 0.05) is 25.0 Å².